The Balaban J connectivity index is 1.85. The summed E-state index contributed by atoms with van der Waals surface area (Å²) in [4.78, 5) is 24.0. The first-order valence-electron chi connectivity index (χ1n) is 6.11. The first kappa shape index (κ1) is 13.3. The fourth-order valence-corrected chi connectivity index (χ4v) is 2.11. The number of carbonyl (C=O) groups excluding carboxylic acids is 1. The predicted octanol–water partition coefficient (Wildman–Crippen LogP) is 3.32. The number of hydrogen-bond donors (Lipinski definition) is 2. The van der Waals surface area contributed by atoms with E-state index in [2.05, 4.69) is 25.6 Å². The first-order chi connectivity index (χ1) is 10.2. The van der Waals surface area contributed by atoms with Crippen LogP contribution >= 0.6 is 11.6 Å². The highest BCUT2D eigenvalue weighted by Gasteiger charge is 2.08. The van der Waals surface area contributed by atoms with Crippen LogP contribution < -0.4 is 10.6 Å². The molecule has 2 amide bonds. The Morgan fingerprint density at radius 1 is 1.05 bits per heavy atom. The summed E-state index contributed by atoms with van der Waals surface area (Å²) in [5.41, 5.74) is 1.25. The van der Waals surface area contributed by atoms with Crippen LogP contribution in [-0.4, -0.2) is 21.0 Å². The summed E-state index contributed by atoms with van der Waals surface area (Å²) in [5, 5.41) is 6.63. The van der Waals surface area contributed by atoms with Crippen LogP contribution in [0.15, 0.2) is 49.1 Å². The first-order valence-corrected chi connectivity index (χ1v) is 6.49. The van der Waals surface area contributed by atoms with Gasteiger partial charge in [-0.05, 0) is 12.1 Å². The SMILES string of the molecule is O=C(Nc1cnccn1)Nc1ccnc2c(Cl)cccc12. The van der Waals surface area contributed by atoms with Gasteiger partial charge in [0.05, 0.1) is 22.4 Å². The number of hydrogen-bond acceptors (Lipinski definition) is 4. The highest BCUT2D eigenvalue weighted by Crippen LogP contribution is 2.26. The number of amides is 2. The summed E-state index contributed by atoms with van der Waals surface area (Å²) < 4.78 is 0. The Hall–Kier alpha value is -2.73. The maximum atomic E-state index is 12.0. The minimum atomic E-state index is -0.414. The van der Waals surface area contributed by atoms with Gasteiger partial charge in [0, 0.05) is 24.0 Å². The standard InChI is InChI=1S/C14H10ClN5O/c15-10-3-1-2-9-11(4-5-18-13(9)10)19-14(21)20-12-8-16-6-7-17-12/h1-8H,(H2,17,18,19,20,21). The lowest BCUT2D eigenvalue weighted by Gasteiger charge is -2.09. The lowest BCUT2D eigenvalue weighted by atomic mass is 10.2. The zero-order chi connectivity index (χ0) is 14.7. The predicted molar refractivity (Wildman–Crippen MR) is 81.4 cm³/mol. The molecule has 0 unspecified atom stereocenters. The van der Waals surface area contributed by atoms with Crippen LogP contribution in [0.5, 0.6) is 0 Å². The van der Waals surface area contributed by atoms with Crippen molar-refractivity contribution >= 4 is 40.0 Å². The number of aromatic nitrogens is 3. The molecule has 0 bridgehead atoms. The molecule has 0 radical (unpaired) electrons. The van der Waals surface area contributed by atoms with E-state index in [-0.39, 0.29) is 0 Å². The molecule has 0 spiro atoms. The van der Waals surface area contributed by atoms with E-state index in [1.807, 2.05) is 6.07 Å². The maximum absolute atomic E-state index is 12.0. The van der Waals surface area contributed by atoms with Crippen LogP contribution in [0.3, 0.4) is 0 Å². The summed E-state index contributed by atoms with van der Waals surface area (Å²) in [6, 6.07) is 6.68. The van der Waals surface area contributed by atoms with E-state index in [1.165, 1.54) is 18.6 Å². The quantitative estimate of drug-likeness (QED) is 0.760. The third-order valence-electron chi connectivity index (χ3n) is 2.77. The summed E-state index contributed by atoms with van der Waals surface area (Å²) in [6.07, 6.45) is 6.08. The molecule has 0 saturated heterocycles. The van der Waals surface area contributed by atoms with Gasteiger partial charge in [0.1, 0.15) is 0 Å². The molecule has 0 fully saturated rings. The Morgan fingerprint density at radius 2 is 1.95 bits per heavy atom. The summed E-state index contributed by atoms with van der Waals surface area (Å²) in [7, 11) is 0. The zero-order valence-electron chi connectivity index (χ0n) is 10.7. The topological polar surface area (TPSA) is 79.8 Å². The minimum absolute atomic E-state index is 0.367. The van der Waals surface area contributed by atoms with Crippen molar-refractivity contribution in [2.75, 3.05) is 10.6 Å². The third kappa shape index (κ3) is 2.90. The molecular weight excluding hydrogens is 290 g/mol. The molecule has 3 aromatic rings. The van der Waals surface area contributed by atoms with Crippen molar-refractivity contribution in [3.8, 4) is 0 Å². The number of anilines is 2. The lowest BCUT2D eigenvalue weighted by molar-refractivity contribution is 0.262. The summed E-state index contributed by atoms with van der Waals surface area (Å²) in [5.74, 6) is 0.367. The highest BCUT2D eigenvalue weighted by molar-refractivity contribution is 6.35. The van der Waals surface area contributed by atoms with Gasteiger partial charge in [-0.3, -0.25) is 15.3 Å². The zero-order valence-corrected chi connectivity index (χ0v) is 11.5. The van der Waals surface area contributed by atoms with Crippen LogP contribution in [0.2, 0.25) is 5.02 Å². The van der Waals surface area contributed by atoms with Gasteiger partial charge in [-0.2, -0.15) is 0 Å². The largest absolute Gasteiger partial charge is 0.324 e. The van der Waals surface area contributed by atoms with Gasteiger partial charge in [-0.1, -0.05) is 23.7 Å². The lowest BCUT2D eigenvalue weighted by Crippen LogP contribution is -2.20. The van der Waals surface area contributed by atoms with Crippen molar-refractivity contribution in [2.24, 2.45) is 0 Å². The Labute approximate surface area is 125 Å². The second kappa shape index (κ2) is 5.72. The normalized spacial score (nSPS) is 10.3. The average Bonchev–Trinajstić information content (AvgIpc) is 2.49. The van der Waals surface area contributed by atoms with Crippen LogP contribution in [0.4, 0.5) is 16.3 Å². The van der Waals surface area contributed by atoms with Gasteiger partial charge in [0.2, 0.25) is 0 Å². The molecule has 0 aliphatic heterocycles. The van der Waals surface area contributed by atoms with Crippen LogP contribution in [0.25, 0.3) is 10.9 Å². The highest BCUT2D eigenvalue weighted by atomic mass is 35.5. The fraction of sp³-hybridized carbons (Fsp3) is 0. The van der Waals surface area contributed by atoms with Gasteiger partial charge in [0.15, 0.2) is 5.82 Å². The van der Waals surface area contributed by atoms with Gasteiger partial charge in [-0.15, -0.1) is 0 Å². The number of carbonyl (C=O) groups is 1. The number of pyridine rings is 1. The van der Waals surface area contributed by atoms with Gasteiger partial charge >= 0.3 is 6.03 Å². The molecule has 2 N–H and O–H groups in total. The Bertz CT molecular complexity index is 794. The van der Waals surface area contributed by atoms with Gasteiger partial charge in [-0.25, -0.2) is 9.78 Å². The average molecular weight is 300 g/mol. The molecular formula is C14H10ClN5O. The van der Waals surface area contributed by atoms with E-state index in [0.717, 1.165) is 5.39 Å². The summed E-state index contributed by atoms with van der Waals surface area (Å²) >= 11 is 6.09. The number of urea groups is 1. The molecule has 7 heteroatoms. The van der Waals surface area contributed by atoms with Crippen molar-refractivity contribution in [3.05, 3.63) is 54.1 Å². The van der Waals surface area contributed by atoms with E-state index < -0.39 is 6.03 Å². The molecule has 104 valence electrons. The number of benzene rings is 1. The van der Waals surface area contributed by atoms with Crippen LogP contribution in [-0.2, 0) is 0 Å². The third-order valence-corrected chi connectivity index (χ3v) is 3.08. The number of nitrogens with zero attached hydrogens (tertiary/aromatic N) is 3. The van der Waals surface area contributed by atoms with E-state index >= 15 is 0 Å². The molecule has 21 heavy (non-hydrogen) atoms. The molecule has 0 aliphatic carbocycles. The maximum Gasteiger partial charge on any atom is 0.324 e. The molecule has 0 atom stereocenters. The number of para-hydroxylation sites is 1. The molecule has 6 nitrogen and oxygen atoms in total. The number of nitrogens with one attached hydrogen (secondary N) is 2. The van der Waals surface area contributed by atoms with E-state index in [1.54, 1.807) is 24.4 Å². The van der Waals surface area contributed by atoms with Gasteiger partial charge in [0.25, 0.3) is 0 Å². The molecule has 2 aromatic heterocycles. The number of fused-ring (bicyclic) bond motifs is 1. The van der Waals surface area contributed by atoms with Crippen LogP contribution in [0.1, 0.15) is 0 Å². The monoisotopic (exact) mass is 299 g/mol. The fourth-order valence-electron chi connectivity index (χ4n) is 1.88. The Morgan fingerprint density at radius 3 is 2.76 bits per heavy atom. The molecule has 3 rings (SSSR count). The molecule has 0 aliphatic rings. The smallest absolute Gasteiger partial charge is 0.307 e. The Kier molecular flexibility index (Phi) is 3.61. The molecule has 1 aromatic carbocycles. The van der Waals surface area contributed by atoms with E-state index in [4.69, 9.17) is 11.6 Å². The van der Waals surface area contributed by atoms with Crippen molar-refractivity contribution in [1.29, 1.82) is 0 Å². The molecule has 0 saturated carbocycles. The van der Waals surface area contributed by atoms with Gasteiger partial charge < -0.3 is 5.32 Å². The molecule has 2 heterocycles. The van der Waals surface area contributed by atoms with E-state index in [9.17, 15) is 4.79 Å². The second-order valence-electron chi connectivity index (χ2n) is 4.16. The van der Waals surface area contributed by atoms with Crippen molar-refractivity contribution in [2.45, 2.75) is 0 Å². The van der Waals surface area contributed by atoms with E-state index in [0.29, 0.717) is 22.0 Å². The second-order valence-corrected chi connectivity index (χ2v) is 4.57. The van der Waals surface area contributed by atoms with Crippen molar-refractivity contribution in [1.82, 2.24) is 15.0 Å². The minimum Gasteiger partial charge on any atom is -0.307 e. The number of rotatable bonds is 2. The van der Waals surface area contributed by atoms with Crippen molar-refractivity contribution < 1.29 is 4.79 Å². The number of halogens is 1. The summed E-state index contributed by atoms with van der Waals surface area (Å²) in [6.45, 7) is 0. The van der Waals surface area contributed by atoms with Crippen LogP contribution in [0, 0.1) is 0 Å². The van der Waals surface area contributed by atoms with Crippen molar-refractivity contribution in [3.63, 3.8) is 0 Å².